The Labute approximate surface area is 201 Å². The maximum Gasteiger partial charge on any atom is 0.416 e. The Morgan fingerprint density at radius 2 is 2.09 bits per heavy atom. The zero-order valence-electron chi connectivity index (χ0n) is 18.9. The number of nitrogens with one attached hydrogen (secondary N) is 1. The second-order valence-corrected chi connectivity index (χ2v) is 10.1. The van der Waals surface area contributed by atoms with Crippen molar-refractivity contribution >= 4 is 23.3 Å². The fraction of sp³-hybridized carbons (Fsp3) is 0.522. The van der Waals surface area contributed by atoms with Crippen LogP contribution in [0.5, 0.6) is 0 Å². The Kier molecular flexibility index (Phi) is 6.57. The molecule has 2 aromatic rings. The molecule has 4 heterocycles. The third-order valence-corrected chi connectivity index (χ3v) is 8.04. The van der Waals surface area contributed by atoms with Gasteiger partial charge in [0.05, 0.1) is 11.8 Å². The monoisotopic (exact) mass is 491 g/mol. The Balaban J connectivity index is 1.08. The van der Waals surface area contributed by atoms with E-state index in [9.17, 15) is 13.2 Å². The fourth-order valence-corrected chi connectivity index (χ4v) is 6.06. The van der Waals surface area contributed by atoms with E-state index in [4.69, 9.17) is 0 Å². The van der Waals surface area contributed by atoms with Crippen molar-refractivity contribution in [2.24, 2.45) is 11.0 Å². The van der Waals surface area contributed by atoms with Gasteiger partial charge in [-0.25, -0.2) is 4.98 Å². The topological polar surface area (TPSA) is 59.9 Å². The number of anilines is 1. The molecule has 3 aliphatic rings. The summed E-state index contributed by atoms with van der Waals surface area (Å²) >= 11 is 1.80. The van der Waals surface area contributed by atoms with Crippen molar-refractivity contribution in [2.75, 3.05) is 43.9 Å². The number of hydrazone groups is 1. The van der Waals surface area contributed by atoms with Crippen molar-refractivity contribution in [1.82, 2.24) is 25.2 Å². The van der Waals surface area contributed by atoms with Gasteiger partial charge in [-0.05, 0) is 49.3 Å². The molecule has 0 spiro atoms. The van der Waals surface area contributed by atoms with Gasteiger partial charge in [0.15, 0.2) is 11.3 Å². The molecule has 182 valence electrons. The van der Waals surface area contributed by atoms with Gasteiger partial charge in [-0.2, -0.15) is 18.3 Å². The first-order chi connectivity index (χ1) is 16.4. The van der Waals surface area contributed by atoms with E-state index in [0.717, 1.165) is 62.4 Å². The van der Waals surface area contributed by atoms with Crippen molar-refractivity contribution in [1.29, 1.82) is 0 Å². The lowest BCUT2D eigenvalue weighted by molar-refractivity contribution is -0.137. The lowest BCUT2D eigenvalue weighted by atomic mass is 10.0. The highest BCUT2D eigenvalue weighted by atomic mass is 32.2. The standard InChI is InChI=1S/C23H28F3N7S/c1-31-21(19-13-27-7-8-28-19)29-30-22(31)34-11-3-9-32-14-16-6-10-33(20(16)15-32)18-5-2-4-17(12-18)23(24,25)26/h2,4-5,7-8,12-13,16,20,22,30H,3,6,9-11,14-15H2,1H3. The zero-order valence-corrected chi connectivity index (χ0v) is 19.8. The third kappa shape index (κ3) is 4.81. The summed E-state index contributed by atoms with van der Waals surface area (Å²) in [4.78, 5) is 15.1. The van der Waals surface area contributed by atoms with E-state index in [1.165, 1.54) is 12.1 Å². The molecule has 0 saturated carbocycles. The van der Waals surface area contributed by atoms with Gasteiger partial charge in [0.25, 0.3) is 0 Å². The number of thioether (sulfide) groups is 1. The van der Waals surface area contributed by atoms with E-state index in [-0.39, 0.29) is 5.50 Å². The molecule has 34 heavy (non-hydrogen) atoms. The summed E-state index contributed by atoms with van der Waals surface area (Å²) in [5, 5.41) is 4.40. The van der Waals surface area contributed by atoms with E-state index < -0.39 is 11.7 Å². The van der Waals surface area contributed by atoms with Crippen LogP contribution in [0.2, 0.25) is 0 Å². The average molecular weight is 492 g/mol. The van der Waals surface area contributed by atoms with Crippen LogP contribution in [0, 0.1) is 5.92 Å². The van der Waals surface area contributed by atoms with Crippen LogP contribution in [-0.2, 0) is 6.18 Å². The van der Waals surface area contributed by atoms with Crippen LogP contribution in [0.3, 0.4) is 0 Å². The first kappa shape index (κ1) is 23.2. The molecule has 7 nitrogen and oxygen atoms in total. The number of hydrogen-bond acceptors (Lipinski definition) is 8. The molecule has 1 aromatic carbocycles. The number of fused-ring (bicyclic) bond motifs is 1. The summed E-state index contributed by atoms with van der Waals surface area (Å²) in [6, 6.07) is 6.06. The smallest absolute Gasteiger partial charge is 0.367 e. The summed E-state index contributed by atoms with van der Waals surface area (Å²) in [7, 11) is 2.00. The first-order valence-corrected chi connectivity index (χ1v) is 12.6. The van der Waals surface area contributed by atoms with E-state index in [1.807, 2.05) is 7.05 Å². The molecule has 3 unspecified atom stereocenters. The van der Waals surface area contributed by atoms with Gasteiger partial charge in [0, 0.05) is 50.8 Å². The number of rotatable bonds is 7. The van der Waals surface area contributed by atoms with Crippen LogP contribution in [0.15, 0.2) is 48.0 Å². The molecule has 0 bridgehead atoms. The van der Waals surface area contributed by atoms with Crippen molar-refractivity contribution in [2.45, 2.75) is 30.6 Å². The maximum atomic E-state index is 13.2. The van der Waals surface area contributed by atoms with Crippen molar-refractivity contribution in [3.05, 3.63) is 54.1 Å². The Morgan fingerprint density at radius 1 is 1.21 bits per heavy atom. The highest BCUT2D eigenvalue weighted by molar-refractivity contribution is 7.99. The second kappa shape index (κ2) is 9.61. The summed E-state index contributed by atoms with van der Waals surface area (Å²) in [6.45, 7) is 3.75. The molecule has 0 aliphatic carbocycles. The molecule has 3 atom stereocenters. The molecule has 2 saturated heterocycles. The van der Waals surface area contributed by atoms with Crippen LogP contribution >= 0.6 is 11.8 Å². The minimum absolute atomic E-state index is 0.0614. The molecule has 3 aliphatic heterocycles. The molecule has 1 N–H and O–H groups in total. The molecule has 5 rings (SSSR count). The van der Waals surface area contributed by atoms with Crippen molar-refractivity contribution in [3.8, 4) is 0 Å². The molecule has 2 fully saturated rings. The highest BCUT2D eigenvalue weighted by Gasteiger charge is 2.41. The van der Waals surface area contributed by atoms with Crippen LogP contribution < -0.4 is 10.3 Å². The van der Waals surface area contributed by atoms with Gasteiger partial charge in [-0.1, -0.05) is 6.07 Å². The average Bonchev–Trinajstić information content (AvgIpc) is 3.51. The van der Waals surface area contributed by atoms with E-state index in [1.54, 1.807) is 36.4 Å². The minimum atomic E-state index is -4.31. The van der Waals surface area contributed by atoms with Gasteiger partial charge in [0.2, 0.25) is 0 Å². The quantitative estimate of drug-likeness (QED) is 0.597. The number of alkyl halides is 3. The van der Waals surface area contributed by atoms with Crippen LogP contribution in [0.4, 0.5) is 18.9 Å². The Bertz CT molecular complexity index is 1020. The van der Waals surface area contributed by atoms with Gasteiger partial charge in [0.1, 0.15) is 5.69 Å². The molecule has 0 amide bonds. The summed E-state index contributed by atoms with van der Waals surface area (Å²) in [6.07, 6.45) is 2.77. The van der Waals surface area contributed by atoms with Gasteiger partial charge < -0.3 is 14.7 Å². The predicted octanol–water partition coefficient (Wildman–Crippen LogP) is 3.31. The molecular weight excluding hydrogens is 463 g/mol. The van der Waals surface area contributed by atoms with E-state index >= 15 is 0 Å². The highest BCUT2D eigenvalue weighted by Crippen LogP contribution is 2.38. The molecule has 0 radical (unpaired) electrons. The largest absolute Gasteiger partial charge is 0.416 e. The van der Waals surface area contributed by atoms with Crippen molar-refractivity contribution < 1.29 is 13.2 Å². The summed E-state index contributed by atoms with van der Waals surface area (Å²) in [5.74, 6) is 2.29. The zero-order chi connectivity index (χ0) is 23.7. The van der Waals surface area contributed by atoms with Gasteiger partial charge in [-0.15, -0.1) is 11.8 Å². The van der Waals surface area contributed by atoms with E-state index in [0.29, 0.717) is 17.6 Å². The summed E-state index contributed by atoms with van der Waals surface area (Å²) < 4.78 is 39.5. The molecule has 1 aromatic heterocycles. The SMILES string of the molecule is CN1C(c2cnccn2)=NNC1SCCCN1CC2CCN(c3cccc(C(F)(F)F)c3)C2C1. The normalized spacial score (nSPS) is 24.9. The molecule has 11 heteroatoms. The second-order valence-electron chi connectivity index (χ2n) is 8.96. The maximum absolute atomic E-state index is 13.2. The van der Waals surface area contributed by atoms with Crippen LogP contribution in [0.1, 0.15) is 24.1 Å². The fourth-order valence-electron chi connectivity index (χ4n) is 5.09. The van der Waals surface area contributed by atoms with E-state index in [2.05, 4.69) is 35.2 Å². The number of halogens is 3. The Hall–Kier alpha value is -2.53. The van der Waals surface area contributed by atoms with Gasteiger partial charge >= 0.3 is 6.18 Å². The first-order valence-electron chi connectivity index (χ1n) is 11.5. The predicted molar refractivity (Wildman–Crippen MR) is 127 cm³/mol. The number of nitrogens with zero attached hydrogens (tertiary/aromatic N) is 6. The van der Waals surface area contributed by atoms with Gasteiger partial charge in [-0.3, -0.25) is 10.4 Å². The summed E-state index contributed by atoms with van der Waals surface area (Å²) in [5.41, 5.74) is 4.09. The number of amidine groups is 1. The van der Waals surface area contributed by atoms with Crippen molar-refractivity contribution in [3.63, 3.8) is 0 Å². The van der Waals surface area contributed by atoms with Crippen LogP contribution in [0.25, 0.3) is 0 Å². The Morgan fingerprint density at radius 3 is 2.88 bits per heavy atom. The van der Waals surface area contributed by atoms with Crippen LogP contribution in [-0.4, -0.2) is 76.1 Å². The lowest BCUT2D eigenvalue weighted by Crippen LogP contribution is -2.36. The number of hydrogen-bond donors (Lipinski definition) is 1. The lowest BCUT2D eigenvalue weighted by Gasteiger charge is -2.27. The minimum Gasteiger partial charge on any atom is -0.367 e. The number of benzene rings is 1. The molecular formula is C23H28F3N7S. The number of likely N-dealkylation sites (tertiary alicyclic amines) is 1. The third-order valence-electron chi connectivity index (χ3n) is 6.78. The number of aromatic nitrogens is 2.